The van der Waals surface area contributed by atoms with Crippen LogP contribution in [0.1, 0.15) is 92.9 Å². The topological polar surface area (TPSA) is 15.6 Å². The van der Waals surface area contributed by atoms with E-state index in [1.54, 1.807) is 0 Å². The van der Waals surface area contributed by atoms with Gasteiger partial charge in [0.25, 0.3) is 0 Å². The maximum Gasteiger partial charge on any atom is 0.0567 e. The molecule has 0 saturated carbocycles. The summed E-state index contributed by atoms with van der Waals surface area (Å²) in [7, 11) is 0. The molecule has 0 bridgehead atoms. The van der Waals surface area contributed by atoms with Crippen molar-refractivity contribution < 1.29 is 0 Å². The second kappa shape index (κ2) is 9.94. The Hall–Kier alpha value is -0.890. The molecule has 29 heavy (non-hydrogen) atoms. The average molecular weight is 399 g/mol. The minimum absolute atomic E-state index is 0.397. The normalized spacial score (nSPS) is 36.7. The molecule has 0 radical (unpaired) electrons. The Bertz CT molecular complexity index is 609. The zero-order valence-electron chi connectivity index (χ0n) is 20.0. The third kappa shape index (κ3) is 5.63. The van der Waals surface area contributed by atoms with Crippen LogP contribution in [0.25, 0.3) is 0 Å². The second-order valence-electron chi connectivity index (χ2n) is 11.0. The van der Waals surface area contributed by atoms with Gasteiger partial charge in [0, 0.05) is 17.8 Å². The van der Waals surface area contributed by atoms with Gasteiger partial charge in [0.1, 0.15) is 0 Å². The molecule has 2 nitrogen and oxygen atoms in total. The Morgan fingerprint density at radius 2 is 1.83 bits per heavy atom. The molecule has 3 aliphatic rings. The summed E-state index contributed by atoms with van der Waals surface area (Å²) in [6.07, 6.45) is 20.5. The fourth-order valence-corrected chi connectivity index (χ4v) is 5.87. The molecule has 1 saturated heterocycles. The van der Waals surface area contributed by atoms with Crippen LogP contribution in [0.3, 0.4) is 0 Å². The van der Waals surface area contributed by atoms with Gasteiger partial charge < -0.3 is 0 Å². The molecule has 0 aromatic heterocycles. The number of nitrogens with zero attached hydrogens (tertiary/aromatic N) is 2. The fourth-order valence-electron chi connectivity index (χ4n) is 5.87. The number of hydrogen-bond acceptors (Lipinski definition) is 2. The minimum Gasteiger partial charge on any atom is -0.293 e. The predicted octanol–water partition coefficient (Wildman–Crippen LogP) is 7.06. The monoisotopic (exact) mass is 398 g/mol. The van der Waals surface area contributed by atoms with Crippen molar-refractivity contribution in [1.29, 1.82) is 0 Å². The summed E-state index contributed by atoms with van der Waals surface area (Å²) in [6.45, 7) is 15.2. The molecule has 0 spiro atoms. The van der Waals surface area contributed by atoms with Crippen molar-refractivity contribution in [3.8, 4) is 0 Å². The van der Waals surface area contributed by atoms with E-state index in [1.165, 1.54) is 57.2 Å². The van der Waals surface area contributed by atoms with E-state index < -0.39 is 0 Å². The second-order valence-corrected chi connectivity index (χ2v) is 11.0. The smallest absolute Gasteiger partial charge is 0.0567 e. The molecule has 1 aliphatic heterocycles. The Morgan fingerprint density at radius 1 is 1.03 bits per heavy atom. The summed E-state index contributed by atoms with van der Waals surface area (Å²) < 4.78 is 0. The zero-order valence-corrected chi connectivity index (χ0v) is 20.0. The third-order valence-electron chi connectivity index (χ3n) is 7.85. The SMILES string of the molecule is CCCC1C=CC([C@H]2CCCN2C2C=CC(C(C)(C)C)CC2)CC1N=C(C)CC. The Kier molecular flexibility index (Phi) is 7.81. The van der Waals surface area contributed by atoms with Crippen molar-refractivity contribution in [2.24, 2.45) is 28.2 Å². The van der Waals surface area contributed by atoms with Crippen LogP contribution in [0.5, 0.6) is 0 Å². The highest BCUT2D eigenvalue weighted by atomic mass is 15.2. The van der Waals surface area contributed by atoms with Gasteiger partial charge in [0.05, 0.1) is 6.04 Å². The highest BCUT2D eigenvalue weighted by Gasteiger charge is 2.39. The molecule has 2 aliphatic carbocycles. The molecule has 1 heterocycles. The van der Waals surface area contributed by atoms with Crippen LogP contribution in [-0.2, 0) is 0 Å². The van der Waals surface area contributed by atoms with Crippen LogP contribution in [0.4, 0.5) is 0 Å². The molecule has 5 unspecified atom stereocenters. The predicted molar refractivity (Wildman–Crippen MR) is 128 cm³/mol. The first kappa shape index (κ1) is 22.8. The summed E-state index contributed by atoms with van der Waals surface area (Å²) in [4.78, 5) is 8.04. The van der Waals surface area contributed by atoms with Crippen molar-refractivity contribution in [2.75, 3.05) is 6.54 Å². The Morgan fingerprint density at radius 3 is 2.45 bits per heavy atom. The number of rotatable bonds is 6. The molecule has 0 aromatic carbocycles. The number of likely N-dealkylation sites (tertiary alicyclic amines) is 1. The van der Waals surface area contributed by atoms with E-state index in [-0.39, 0.29) is 0 Å². The van der Waals surface area contributed by atoms with E-state index in [1.807, 2.05) is 0 Å². The van der Waals surface area contributed by atoms with Crippen molar-refractivity contribution in [3.05, 3.63) is 24.3 Å². The van der Waals surface area contributed by atoms with Gasteiger partial charge >= 0.3 is 0 Å². The lowest BCUT2D eigenvalue weighted by molar-refractivity contribution is 0.136. The quantitative estimate of drug-likeness (QED) is 0.345. The molecule has 0 N–H and O–H groups in total. The molecule has 3 rings (SSSR count). The van der Waals surface area contributed by atoms with Crippen molar-refractivity contribution >= 4 is 5.71 Å². The zero-order chi connectivity index (χ0) is 21.0. The van der Waals surface area contributed by atoms with E-state index in [2.05, 4.69) is 70.7 Å². The van der Waals surface area contributed by atoms with Crippen LogP contribution in [0, 0.1) is 23.2 Å². The van der Waals surface area contributed by atoms with Crippen LogP contribution in [-0.4, -0.2) is 35.3 Å². The first-order valence-electron chi connectivity index (χ1n) is 12.5. The lowest BCUT2D eigenvalue weighted by Gasteiger charge is -2.41. The number of allylic oxidation sites excluding steroid dienone is 1. The highest BCUT2D eigenvalue weighted by molar-refractivity contribution is 5.81. The minimum atomic E-state index is 0.397. The van der Waals surface area contributed by atoms with Crippen LogP contribution < -0.4 is 0 Å². The largest absolute Gasteiger partial charge is 0.293 e. The summed E-state index contributed by atoms with van der Waals surface area (Å²) in [5, 5.41) is 0. The van der Waals surface area contributed by atoms with Gasteiger partial charge in [-0.1, -0.05) is 65.3 Å². The fraction of sp³-hybridized carbons (Fsp3) is 0.815. The first-order valence-corrected chi connectivity index (χ1v) is 12.5. The molecular weight excluding hydrogens is 352 g/mol. The van der Waals surface area contributed by atoms with Gasteiger partial charge in [-0.05, 0) is 81.6 Å². The summed E-state index contributed by atoms with van der Waals surface area (Å²) in [5.74, 6) is 2.06. The van der Waals surface area contributed by atoms with Crippen molar-refractivity contribution in [2.45, 2.75) is 111 Å². The first-order chi connectivity index (χ1) is 13.8. The Balaban J connectivity index is 1.71. The standard InChI is InChI=1S/C27H46N2/c1-7-10-21-12-13-22(19-25(21)28-20(3)8-2)26-11-9-18-29(26)24-16-14-23(15-17-24)27(4,5)6/h12-14,16,21-26H,7-11,15,17-19H2,1-6H3/t21?,22?,23?,24?,25?,26-/m1/s1. The summed E-state index contributed by atoms with van der Waals surface area (Å²) in [5.41, 5.74) is 1.73. The van der Waals surface area contributed by atoms with Gasteiger partial charge in [-0.3, -0.25) is 9.89 Å². The lowest BCUT2D eigenvalue weighted by Crippen LogP contribution is -2.45. The summed E-state index contributed by atoms with van der Waals surface area (Å²) >= 11 is 0. The maximum atomic E-state index is 5.18. The van der Waals surface area contributed by atoms with E-state index in [0.717, 1.165) is 12.3 Å². The van der Waals surface area contributed by atoms with Gasteiger partial charge in [0.15, 0.2) is 0 Å². The van der Waals surface area contributed by atoms with Gasteiger partial charge in [-0.15, -0.1) is 0 Å². The van der Waals surface area contributed by atoms with Gasteiger partial charge in [-0.25, -0.2) is 0 Å². The van der Waals surface area contributed by atoms with Crippen molar-refractivity contribution in [3.63, 3.8) is 0 Å². The average Bonchev–Trinajstić information content (AvgIpc) is 3.18. The van der Waals surface area contributed by atoms with Crippen LogP contribution in [0.15, 0.2) is 29.3 Å². The van der Waals surface area contributed by atoms with E-state index in [0.29, 0.717) is 35.4 Å². The number of aliphatic imine (C=N–C) groups is 1. The highest BCUT2D eigenvalue weighted by Crippen LogP contribution is 2.40. The van der Waals surface area contributed by atoms with Crippen molar-refractivity contribution in [1.82, 2.24) is 4.90 Å². The van der Waals surface area contributed by atoms with E-state index in [4.69, 9.17) is 4.99 Å². The molecule has 0 aromatic rings. The number of hydrogen-bond donors (Lipinski definition) is 0. The van der Waals surface area contributed by atoms with Crippen LogP contribution >= 0.6 is 0 Å². The molecule has 2 heteroatoms. The summed E-state index contributed by atoms with van der Waals surface area (Å²) in [6, 6.07) is 1.87. The third-order valence-corrected chi connectivity index (χ3v) is 7.85. The molecule has 1 fully saturated rings. The van der Waals surface area contributed by atoms with E-state index >= 15 is 0 Å². The molecular formula is C27H46N2. The molecule has 0 amide bonds. The maximum absolute atomic E-state index is 5.18. The Labute approximate surface area is 180 Å². The molecule has 164 valence electrons. The molecule has 6 atom stereocenters. The van der Waals surface area contributed by atoms with Crippen LogP contribution in [0.2, 0.25) is 0 Å². The van der Waals surface area contributed by atoms with E-state index in [9.17, 15) is 0 Å². The van der Waals surface area contributed by atoms with Gasteiger partial charge in [-0.2, -0.15) is 0 Å². The van der Waals surface area contributed by atoms with Gasteiger partial charge in [0.2, 0.25) is 0 Å². The lowest BCUT2D eigenvalue weighted by atomic mass is 9.74.